The van der Waals surface area contributed by atoms with Crippen molar-refractivity contribution in [3.05, 3.63) is 12.4 Å². The van der Waals surface area contributed by atoms with Gasteiger partial charge >= 0.3 is 0 Å². The summed E-state index contributed by atoms with van der Waals surface area (Å²) in [5, 5.41) is 2.91. The van der Waals surface area contributed by atoms with Gasteiger partial charge in [0.15, 0.2) is 0 Å². The standard InChI is InChI=1S/C11H18N4O3S/c1-2-12-11-13-7-10(8-14-11)19(16,17)15-6-9-4-3-5-18-9/h7-9,15H,2-6H2,1H3,(H,12,13,14). The Hall–Kier alpha value is -1.25. The van der Waals surface area contributed by atoms with Crippen LogP contribution in [0.1, 0.15) is 19.8 Å². The number of hydrogen-bond donors (Lipinski definition) is 2. The minimum absolute atomic E-state index is 0.0308. The highest BCUT2D eigenvalue weighted by molar-refractivity contribution is 7.89. The van der Waals surface area contributed by atoms with Crippen molar-refractivity contribution in [3.63, 3.8) is 0 Å². The van der Waals surface area contributed by atoms with Gasteiger partial charge in [0, 0.05) is 19.7 Å². The molecule has 1 aliphatic heterocycles. The molecule has 1 fully saturated rings. The van der Waals surface area contributed by atoms with E-state index in [2.05, 4.69) is 20.0 Å². The van der Waals surface area contributed by atoms with Gasteiger partial charge in [0.1, 0.15) is 4.90 Å². The lowest BCUT2D eigenvalue weighted by Gasteiger charge is -2.11. The van der Waals surface area contributed by atoms with E-state index in [1.54, 1.807) is 0 Å². The van der Waals surface area contributed by atoms with Crippen LogP contribution in [0.3, 0.4) is 0 Å². The van der Waals surface area contributed by atoms with E-state index >= 15 is 0 Å². The van der Waals surface area contributed by atoms with Gasteiger partial charge in [-0.1, -0.05) is 0 Å². The van der Waals surface area contributed by atoms with Crippen LogP contribution < -0.4 is 10.0 Å². The second kappa shape index (κ2) is 6.27. The predicted molar refractivity (Wildman–Crippen MR) is 70.4 cm³/mol. The molecule has 7 nitrogen and oxygen atoms in total. The molecule has 1 aromatic rings. The molecule has 2 heterocycles. The molecule has 0 aromatic carbocycles. The van der Waals surface area contributed by atoms with Crippen molar-refractivity contribution in [2.45, 2.75) is 30.8 Å². The number of sulfonamides is 1. The third kappa shape index (κ3) is 3.85. The third-order valence-electron chi connectivity index (χ3n) is 2.80. The van der Waals surface area contributed by atoms with E-state index in [1.165, 1.54) is 12.4 Å². The maximum absolute atomic E-state index is 12.0. The molecule has 1 atom stereocenters. The molecule has 1 unspecified atom stereocenters. The first-order valence-electron chi connectivity index (χ1n) is 6.29. The van der Waals surface area contributed by atoms with Crippen molar-refractivity contribution in [3.8, 4) is 0 Å². The average Bonchev–Trinajstić information content (AvgIpc) is 2.91. The van der Waals surface area contributed by atoms with Crippen molar-refractivity contribution in [1.82, 2.24) is 14.7 Å². The first-order valence-corrected chi connectivity index (χ1v) is 7.77. The molecule has 1 saturated heterocycles. The summed E-state index contributed by atoms with van der Waals surface area (Å²) >= 11 is 0. The molecule has 1 aromatic heterocycles. The summed E-state index contributed by atoms with van der Waals surface area (Å²) < 4.78 is 31.9. The Kier molecular flexibility index (Phi) is 4.67. The quantitative estimate of drug-likeness (QED) is 0.784. The van der Waals surface area contributed by atoms with Crippen LogP contribution in [0.5, 0.6) is 0 Å². The average molecular weight is 286 g/mol. The van der Waals surface area contributed by atoms with E-state index in [1.807, 2.05) is 6.92 Å². The van der Waals surface area contributed by atoms with Crippen LogP contribution in [0.4, 0.5) is 5.95 Å². The van der Waals surface area contributed by atoms with Crippen LogP contribution in [-0.4, -0.2) is 44.2 Å². The number of aromatic nitrogens is 2. The van der Waals surface area contributed by atoms with Gasteiger partial charge in [-0.05, 0) is 19.8 Å². The topological polar surface area (TPSA) is 93.2 Å². The summed E-state index contributed by atoms with van der Waals surface area (Å²) in [6, 6.07) is 0. The zero-order valence-electron chi connectivity index (χ0n) is 10.8. The van der Waals surface area contributed by atoms with Crippen molar-refractivity contribution < 1.29 is 13.2 Å². The fourth-order valence-electron chi connectivity index (χ4n) is 1.80. The summed E-state index contributed by atoms with van der Waals surface area (Å²) in [5.41, 5.74) is 0. The fourth-order valence-corrected chi connectivity index (χ4v) is 2.75. The fraction of sp³-hybridized carbons (Fsp3) is 0.636. The molecule has 0 radical (unpaired) electrons. The number of nitrogens with one attached hydrogen (secondary N) is 2. The molecule has 0 bridgehead atoms. The van der Waals surface area contributed by atoms with E-state index in [0.717, 1.165) is 12.8 Å². The van der Waals surface area contributed by atoms with Crippen molar-refractivity contribution in [1.29, 1.82) is 0 Å². The minimum Gasteiger partial charge on any atom is -0.377 e. The van der Waals surface area contributed by atoms with Crippen molar-refractivity contribution in [2.24, 2.45) is 0 Å². The predicted octanol–water partition coefficient (Wildman–Crippen LogP) is 0.366. The van der Waals surface area contributed by atoms with Gasteiger partial charge in [-0.2, -0.15) is 0 Å². The molecule has 8 heteroatoms. The molecule has 0 spiro atoms. The van der Waals surface area contributed by atoms with Gasteiger partial charge in [-0.25, -0.2) is 23.1 Å². The van der Waals surface area contributed by atoms with Crippen LogP contribution in [0.2, 0.25) is 0 Å². The monoisotopic (exact) mass is 286 g/mol. The Bertz CT molecular complexity index is 497. The van der Waals surface area contributed by atoms with Crippen LogP contribution in [0.15, 0.2) is 17.3 Å². The van der Waals surface area contributed by atoms with Gasteiger partial charge in [0.05, 0.1) is 18.5 Å². The van der Waals surface area contributed by atoms with Crippen molar-refractivity contribution in [2.75, 3.05) is 25.0 Å². The highest BCUT2D eigenvalue weighted by Crippen LogP contribution is 2.12. The van der Waals surface area contributed by atoms with E-state index in [4.69, 9.17) is 4.74 Å². The van der Waals surface area contributed by atoms with E-state index < -0.39 is 10.0 Å². The minimum atomic E-state index is -3.56. The summed E-state index contributed by atoms with van der Waals surface area (Å²) in [7, 11) is -3.56. The first kappa shape index (κ1) is 14.2. The molecule has 106 valence electrons. The van der Waals surface area contributed by atoms with E-state index in [-0.39, 0.29) is 17.5 Å². The molecule has 0 aliphatic carbocycles. The highest BCUT2D eigenvalue weighted by atomic mass is 32.2. The van der Waals surface area contributed by atoms with Gasteiger partial charge in [-0.15, -0.1) is 0 Å². The Labute approximate surface area is 112 Å². The Morgan fingerprint density at radius 2 is 2.16 bits per heavy atom. The normalized spacial score (nSPS) is 19.5. The van der Waals surface area contributed by atoms with Gasteiger partial charge in [-0.3, -0.25) is 0 Å². The molecule has 0 amide bonds. The van der Waals surface area contributed by atoms with Crippen LogP contribution in [0.25, 0.3) is 0 Å². The zero-order chi connectivity index (χ0) is 13.7. The van der Waals surface area contributed by atoms with Crippen LogP contribution in [0, 0.1) is 0 Å². The van der Waals surface area contributed by atoms with Crippen molar-refractivity contribution >= 4 is 16.0 Å². The second-order valence-electron chi connectivity index (χ2n) is 4.26. The summed E-state index contributed by atoms with van der Waals surface area (Å²) in [6.07, 6.45) is 4.42. The van der Waals surface area contributed by atoms with Crippen LogP contribution in [-0.2, 0) is 14.8 Å². The number of nitrogens with zero attached hydrogens (tertiary/aromatic N) is 2. The summed E-state index contributed by atoms with van der Waals surface area (Å²) in [5.74, 6) is 0.417. The maximum Gasteiger partial charge on any atom is 0.243 e. The zero-order valence-corrected chi connectivity index (χ0v) is 11.6. The largest absolute Gasteiger partial charge is 0.377 e. The Balaban J connectivity index is 1.97. The first-order chi connectivity index (χ1) is 9.12. The van der Waals surface area contributed by atoms with E-state index in [9.17, 15) is 8.42 Å². The number of anilines is 1. The van der Waals surface area contributed by atoms with Gasteiger partial charge in [0.2, 0.25) is 16.0 Å². The number of rotatable bonds is 6. The number of ether oxygens (including phenoxy) is 1. The molecular weight excluding hydrogens is 268 g/mol. The molecule has 2 rings (SSSR count). The van der Waals surface area contributed by atoms with Gasteiger partial charge < -0.3 is 10.1 Å². The van der Waals surface area contributed by atoms with Crippen LogP contribution >= 0.6 is 0 Å². The Morgan fingerprint density at radius 1 is 1.42 bits per heavy atom. The summed E-state index contributed by atoms with van der Waals surface area (Å²) in [6.45, 7) is 3.59. The Morgan fingerprint density at radius 3 is 2.74 bits per heavy atom. The SMILES string of the molecule is CCNc1ncc(S(=O)(=O)NCC2CCCO2)cn1. The molecule has 19 heavy (non-hydrogen) atoms. The molecular formula is C11H18N4O3S. The lowest BCUT2D eigenvalue weighted by atomic mass is 10.2. The molecule has 1 aliphatic rings. The third-order valence-corrected chi connectivity index (χ3v) is 4.18. The lowest BCUT2D eigenvalue weighted by Crippen LogP contribution is -2.32. The maximum atomic E-state index is 12.0. The second-order valence-corrected chi connectivity index (χ2v) is 6.03. The molecule has 0 saturated carbocycles. The highest BCUT2D eigenvalue weighted by Gasteiger charge is 2.20. The smallest absolute Gasteiger partial charge is 0.243 e. The van der Waals surface area contributed by atoms with E-state index in [0.29, 0.717) is 19.1 Å². The number of hydrogen-bond acceptors (Lipinski definition) is 6. The summed E-state index contributed by atoms with van der Waals surface area (Å²) in [4.78, 5) is 7.95. The lowest BCUT2D eigenvalue weighted by molar-refractivity contribution is 0.114. The van der Waals surface area contributed by atoms with Gasteiger partial charge in [0.25, 0.3) is 0 Å². The molecule has 2 N–H and O–H groups in total.